The number of aromatic nitrogens is 1. The van der Waals surface area contributed by atoms with Crippen molar-refractivity contribution >= 4 is 29.2 Å². The topological polar surface area (TPSA) is 36.4 Å². The molecule has 0 bridgehead atoms. The molecule has 0 amide bonds. The minimum Gasteiger partial charge on any atom is -0.392 e. The largest absolute Gasteiger partial charge is 0.392 e. The Kier molecular flexibility index (Phi) is 4.54. The van der Waals surface area contributed by atoms with E-state index in [4.69, 9.17) is 16.7 Å². The molecule has 1 aromatic rings. The van der Waals surface area contributed by atoms with Gasteiger partial charge in [0.1, 0.15) is 5.82 Å². The van der Waals surface area contributed by atoms with Gasteiger partial charge < -0.3 is 10.0 Å². The first-order chi connectivity index (χ1) is 8.24. The number of hydrogen-bond acceptors (Lipinski definition) is 4. The summed E-state index contributed by atoms with van der Waals surface area (Å²) in [6.45, 7) is 4.20. The van der Waals surface area contributed by atoms with Crippen molar-refractivity contribution in [1.29, 1.82) is 0 Å². The zero-order valence-electron chi connectivity index (χ0n) is 9.90. The lowest BCUT2D eigenvalue weighted by Gasteiger charge is -2.33. The van der Waals surface area contributed by atoms with Crippen LogP contribution < -0.4 is 4.90 Å². The molecular weight excluding hydrogens is 256 g/mol. The number of pyridine rings is 1. The molecule has 17 heavy (non-hydrogen) atoms. The highest BCUT2D eigenvalue weighted by Gasteiger charge is 2.21. The van der Waals surface area contributed by atoms with Gasteiger partial charge in [0.15, 0.2) is 0 Å². The van der Waals surface area contributed by atoms with Crippen LogP contribution in [0.15, 0.2) is 12.3 Å². The van der Waals surface area contributed by atoms with Crippen molar-refractivity contribution in [3.8, 4) is 0 Å². The summed E-state index contributed by atoms with van der Waals surface area (Å²) < 4.78 is 0. The molecule has 2 rings (SSSR count). The number of aliphatic hydroxyl groups excluding tert-OH is 1. The predicted octanol–water partition coefficient (Wildman–Crippen LogP) is 2.56. The molecule has 1 atom stereocenters. The van der Waals surface area contributed by atoms with Crippen molar-refractivity contribution in [2.75, 3.05) is 23.7 Å². The molecule has 3 nitrogen and oxygen atoms in total. The molecule has 1 unspecified atom stereocenters. The number of thioether (sulfide) groups is 1. The number of rotatable bonds is 3. The standard InChI is InChI=1S/C12H17ClN2OS/c1-2-10-7-15(3-4-17-10)12-11(13)5-9(8-16)6-14-12/h5-6,10,16H,2-4,7-8H2,1H3. The molecule has 1 aliphatic heterocycles. The lowest BCUT2D eigenvalue weighted by atomic mass is 10.2. The molecule has 1 saturated heterocycles. The summed E-state index contributed by atoms with van der Waals surface area (Å²) in [7, 11) is 0. The smallest absolute Gasteiger partial charge is 0.147 e. The highest BCUT2D eigenvalue weighted by Crippen LogP contribution is 2.29. The summed E-state index contributed by atoms with van der Waals surface area (Å²) in [5.41, 5.74) is 0.761. The van der Waals surface area contributed by atoms with Crippen molar-refractivity contribution in [2.24, 2.45) is 0 Å². The molecule has 94 valence electrons. The summed E-state index contributed by atoms with van der Waals surface area (Å²) in [5.74, 6) is 1.97. The molecule has 0 saturated carbocycles. The van der Waals surface area contributed by atoms with Gasteiger partial charge in [0.05, 0.1) is 11.6 Å². The Morgan fingerprint density at radius 1 is 1.65 bits per heavy atom. The highest BCUT2D eigenvalue weighted by atomic mass is 35.5. The minimum absolute atomic E-state index is 0.0135. The second-order valence-electron chi connectivity index (χ2n) is 4.15. The fourth-order valence-corrected chi connectivity index (χ4v) is 3.44. The maximum Gasteiger partial charge on any atom is 0.147 e. The SMILES string of the molecule is CCC1CN(c2ncc(CO)cc2Cl)CCS1. The van der Waals surface area contributed by atoms with Gasteiger partial charge in [0, 0.05) is 30.3 Å². The number of halogens is 1. The van der Waals surface area contributed by atoms with Crippen LogP contribution in [0.2, 0.25) is 5.02 Å². The second kappa shape index (κ2) is 5.94. The van der Waals surface area contributed by atoms with Crippen LogP contribution in [0, 0.1) is 0 Å². The van der Waals surface area contributed by atoms with Crippen LogP contribution in [0.1, 0.15) is 18.9 Å². The Labute approximate surface area is 111 Å². The van der Waals surface area contributed by atoms with Crippen LogP contribution in [0.3, 0.4) is 0 Å². The van der Waals surface area contributed by atoms with Crippen LogP contribution in [0.25, 0.3) is 0 Å². The molecular formula is C12H17ClN2OS. The third kappa shape index (κ3) is 3.06. The van der Waals surface area contributed by atoms with E-state index in [0.717, 1.165) is 30.2 Å². The van der Waals surface area contributed by atoms with Crippen LogP contribution in [0.5, 0.6) is 0 Å². The maximum absolute atomic E-state index is 9.03. The third-order valence-corrected chi connectivity index (χ3v) is 4.60. The van der Waals surface area contributed by atoms with Gasteiger partial charge in [-0.05, 0) is 18.1 Å². The normalized spacial score (nSPS) is 20.6. The van der Waals surface area contributed by atoms with E-state index in [1.807, 2.05) is 11.8 Å². The van der Waals surface area contributed by atoms with Crippen molar-refractivity contribution in [2.45, 2.75) is 25.2 Å². The fourth-order valence-electron chi connectivity index (χ4n) is 1.95. The van der Waals surface area contributed by atoms with E-state index in [-0.39, 0.29) is 6.61 Å². The van der Waals surface area contributed by atoms with Gasteiger partial charge >= 0.3 is 0 Å². The molecule has 5 heteroatoms. The number of nitrogens with zero attached hydrogens (tertiary/aromatic N) is 2. The Hall–Kier alpha value is -0.450. The zero-order chi connectivity index (χ0) is 12.3. The summed E-state index contributed by atoms with van der Waals surface area (Å²) in [6.07, 6.45) is 2.87. The Morgan fingerprint density at radius 3 is 3.12 bits per heavy atom. The number of anilines is 1. The van der Waals surface area contributed by atoms with Crippen LogP contribution in [0.4, 0.5) is 5.82 Å². The van der Waals surface area contributed by atoms with E-state index in [2.05, 4.69) is 16.8 Å². The average Bonchev–Trinajstić information content (AvgIpc) is 2.38. The van der Waals surface area contributed by atoms with E-state index in [0.29, 0.717) is 10.3 Å². The van der Waals surface area contributed by atoms with Crippen molar-refractivity contribution < 1.29 is 5.11 Å². The van der Waals surface area contributed by atoms with Crippen LogP contribution >= 0.6 is 23.4 Å². The van der Waals surface area contributed by atoms with Gasteiger partial charge in [-0.25, -0.2) is 4.98 Å². The quantitative estimate of drug-likeness (QED) is 0.918. The van der Waals surface area contributed by atoms with Gasteiger partial charge in [-0.3, -0.25) is 0 Å². The van der Waals surface area contributed by atoms with E-state index >= 15 is 0 Å². The molecule has 0 radical (unpaired) electrons. The lowest BCUT2D eigenvalue weighted by molar-refractivity contribution is 0.281. The summed E-state index contributed by atoms with van der Waals surface area (Å²) in [6, 6.07) is 1.80. The third-order valence-electron chi connectivity index (χ3n) is 2.95. The molecule has 0 aromatic carbocycles. The van der Waals surface area contributed by atoms with Gasteiger partial charge in [0.25, 0.3) is 0 Å². The molecule has 1 N–H and O–H groups in total. The van der Waals surface area contributed by atoms with Gasteiger partial charge in [-0.1, -0.05) is 18.5 Å². The fraction of sp³-hybridized carbons (Fsp3) is 0.583. The summed E-state index contributed by atoms with van der Waals surface area (Å²) in [4.78, 5) is 6.61. The van der Waals surface area contributed by atoms with E-state index < -0.39 is 0 Å². The van der Waals surface area contributed by atoms with Gasteiger partial charge in [-0.15, -0.1) is 0 Å². The molecule has 1 aliphatic rings. The molecule has 1 fully saturated rings. The Bertz CT molecular complexity index is 389. The van der Waals surface area contributed by atoms with E-state index in [1.54, 1.807) is 12.3 Å². The second-order valence-corrected chi connectivity index (χ2v) is 5.97. The average molecular weight is 273 g/mol. The Balaban J connectivity index is 2.16. The van der Waals surface area contributed by atoms with Crippen molar-refractivity contribution in [3.63, 3.8) is 0 Å². The Morgan fingerprint density at radius 2 is 2.47 bits per heavy atom. The first kappa shape index (κ1) is 13.0. The van der Waals surface area contributed by atoms with E-state index in [9.17, 15) is 0 Å². The first-order valence-corrected chi connectivity index (χ1v) is 7.29. The molecule has 0 spiro atoms. The predicted molar refractivity (Wildman–Crippen MR) is 73.9 cm³/mol. The van der Waals surface area contributed by atoms with Crippen LogP contribution in [-0.4, -0.2) is 34.2 Å². The zero-order valence-corrected chi connectivity index (χ0v) is 11.5. The summed E-state index contributed by atoms with van der Waals surface area (Å²) >= 11 is 8.23. The van der Waals surface area contributed by atoms with Crippen molar-refractivity contribution in [3.05, 3.63) is 22.8 Å². The monoisotopic (exact) mass is 272 g/mol. The van der Waals surface area contributed by atoms with Crippen LogP contribution in [-0.2, 0) is 6.61 Å². The minimum atomic E-state index is -0.0135. The number of aliphatic hydroxyl groups is 1. The maximum atomic E-state index is 9.03. The molecule has 0 aliphatic carbocycles. The first-order valence-electron chi connectivity index (χ1n) is 5.86. The highest BCUT2D eigenvalue weighted by molar-refractivity contribution is 8.00. The van der Waals surface area contributed by atoms with Crippen molar-refractivity contribution in [1.82, 2.24) is 4.98 Å². The molecule has 1 aromatic heterocycles. The lowest BCUT2D eigenvalue weighted by Crippen LogP contribution is -2.38. The molecule has 2 heterocycles. The van der Waals surface area contributed by atoms with E-state index in [1.165, 1.54) is 6.42 Å². The summed E-state index contributed by atoms with van der Waals surface area (Å²) in [5, 5.41) is 10.3. The van der Waals surface area contributed by atoms with Gasteiger partial charge in [-0.2, -0.15) is 11.8 Å². The van der Waals surface area contributed by atoms with Gasteiger partial charge in [0.2, 0.25) is 0 Å². The number of hydrogen-bond donors (Lipinski definition) is 1.